The second kappa shape index (κ2) is 8.29. The quantitative estimate of drug-likeness (QED) is 0.400. The van der Waals surface area contributed by atoms with Crippen LogP contribution in [-0.4, -0.2) is 40.6 Å². The number of pyridine rings is 1. The number of aryl methyl sites for hydroxylation is 1. The zero-order chi connectivity index (χ0) is 24.7. The van der Waals surface area contributed by atoms with Gasteiger partial charge in [0.15, 0.2) is 11.5 Å². The van der Waals surface area contributed by atoms with Crippen molar-refractivity contribution in [2.24, 2.45) is 0 Å². The molecule has 0 radical (unpaired) electrons. The maximum Gasteiger partial charge on any atom is 0.434 e. The molecule has 0 saturated heterocycles. The Hall–Kier alpha value is -4.64. The summed E-state index contributed by atoms with van der Waals surface area (Å²) in [5.74, 6) is -0.959. The van der Waals surface area contributed by atoms with E-state index < -0.39 is 23.3 Å². The number of carbonyl (C=O) groups is 1. The van der Waals surface area contributed by atoms with E-state index in [4.69, 9.17) is 0 Å². The molecule has 5 rings (SSSR count). The fraction of sp³-hybridized carbons (Fsp3) is 0.0952. The largest absolute Gasteiger partial charge is 0.434 e. The summed E-state index contributed by atoms with van der Waals surface area (Å²) in [6, 6.07) is 7.91. The molecule has 0 fully saturated rings. The summed E-state index contributed by atoms with van der Waals surface area (Å²) in [6.07, 6.45) is -0.0654. The monoisotopic (exact) mass is 495 g/mol. The number of nitrogens with one attached hydrogen (secondary N) is 1. The Morgan fingerprint density at radius 2 is 1.94 bits per heavy atom. The van der Waals surface area contributed by atoms with Gasteiger partial charge in [-0.3, -0.25) is 4.79 Å². The maximum absolute atomic E-state index is 14.1. The van der Waals surface area contributed by atoms with Crippen molar-refractivity contribution in [1.82, 2.24) is 34.7 Å². The summed E-state index contributed by atoms with van der Waals surface area (Å²) in [5, 5.41) is 24.1. The number of hydrogen-bond donors (Lipinski definition) is 1. The lowest BCUT2D eigenvalue weighted by molar-refractivity contribution is -0.143. The summed E-state index contributed by atoms with van der Waals surface area (Å²) in [4.78, 5) is 22.4. The van der Waals surface area contributed by atoms with Crippen molar-refractivity contribution in [2.75, 3.05) is 5.32 Å². The molecule has 0 aliphatic heterocycles. The van der Waals surface area contributed by atoms with Gasteiger partial charge in [-0.05, 0) is 25.1 Å². The van der Waals surface area contributed by atoms with E-state index in [9.17, 15) is 23.2 Å². The third-order valence-corrected chi connectivity index (χ3v) is 5.87. The van der Waals surface area contributed by atoms with Crippen molar-refractivity contribution < 1.29 is 18.0 Å². The normalized spacial score (nSPS) is 11.5. The number of aromatic nitrogens is 7. The summed E-state index contributed by atoms with van der Waals surface area (Å²) in [5.41, 5.74) is -1.21. The Kier molecular flexibility index (Phi) is 5.25. The minimum atomic E-state index is -4.89. The minimum absolute atomic E-state index is 0.0120. The third kappa shape index (κ3) is 3.97. The van der Waals surface area contributed by atoms with Crippen LogP contribution in [0.15, 0.2) is 49.1 Å². The highest BCUT2D eigenvalue weighted by molar-refractivity contribution is 7.19. The number of nitrogens with zero attached hydrogens (tertiary/aromatic N) is 8. The minimum Gasteiger partial charge on any atom is -0.320 e. The van der Waals surface area contributed by atoms with Gasteiger partial charge in [0.25, 0.3) is 5.91 Å². The average Bonchev–Trinajstić information content (AvgIpc) is 3.56. The van der Waals surface area contributed by atoms with E-state index in [0.29, 0.717) is 19.9 Å². The predicted molar refractivity (Wildman–Crippen MR) is 118 cm³/mol. The summed E-state index contributed by atoms with van der Waals surface area (Å²) < 4.78 is 43.6. The smallest absolute Gasteiger partial charge is 0.320 e. The van der Waals surface area contributed by atoms with Crippen LogP contribution in [0.4, 0.5) is 18.9 Å². The second-order valence-corrected chi connectivity index (χ2v) is 8.36. The van der Waals surface area contributed by atoms with Gasteiger partial charge in [-0.2, -0.15) is 33.7 Å². The molecule has 1 amide bonds. The fourth-order valence-electron chi connectivity index (χ4n) is 3.47. The first-order valence-corrected chi connectivity index (χ1v) is 10.7. The lowest BCUT2D eigenvalue weighted by Gasteiger charge is -2.13. The molecule has 1 aromatic carbocycles. The van der Waals surface area contributed by atoms with Crippen LogP contribution in [0.3, 0.4) is 0 Å². The summed E-state index contributed by atoms with van der Waals surface area (Å²) in [6.45, 7) is 1.75. The van der Waals surface area contributed by atoms with E-state index in [-0.39, 0.29) is 22.8 Å². The molecule has 1 N–H and O–H groups in total. The number of amides is 1. The van der Waals surface area contributed by atoms with E-state index in [0.717, 1.165) is 11.0 Å². The van der Waals surface area contributed by atoms with Crippen molar-refractivity contribution in [3.8, 4) is 17.6 Å². The molecule has 0 unspecified atom stereocenters. The van der Waals surface area contributed by atoms with Gasteiger partial charge in [-0.15, -0.1) is 16.1 Å². The lowest BCUT2D eigenvalue weighted by Crippen LogP contribution is -2.21. The molecule has 5 aromatic rings. The molecule has 174 valence electrons. The second-order valence-electron chi connectivity index (χ2n) is 7.15. The van der Waals surface area contributed by atoms with Gasteiger partial charge in [0.1, 0.15) is 11.6 Å². The zero-order valence-corrected chi connectivity index (χ0v) is 18.5. The van der Waals surface area contributed by atoms with Crippen LogP contribution in [-0.2, 0) is 6.18 Å². The van der Waals surface area contributed by atoms with E-state index in [1.54, 1.807) is 19.1 Å². The molecule has 4 aromatic heterocycles. The van der Waals surface area contributed by atoms with Crippen LogP contribution >= 0.6 is 11.3 Å². The van der Waals surface area contributed by atoms with Gasteiger partial charge in [0.2, 0.25) is 0 Å². The van der Waals surface area contributed by atoms with Crippen LogP contribution in [0.25, 0.3) is 21.7 Å². The van der Waals surface area contributed by atoms with Crippen molar-refractivity contribution in [3.63, 3.8) is 0 Å². The highest BCUT2D eigenvalue weighted by Crippen LogP contribution is 2.36. The molecule has 0 aliphatic rings. The summed E-state index contributed by atoms with van der Waals surface area (Å²) >= 11 is 1.23. The number of fused-ring (bicyclic) bond motifs is 1. The standard InChI is InChI=1S/C21H12F3N9OS/c1-11-30-15-3-2-4-16(17(15)35-11)32-18(21(22,23)24)14(10-29-32)20(34)31-13-7-12(8-25)19(26-9-13)33-27-5-6-28-33/h2-7,9-10H,1H3,(H,31,34). The highest BCUT2D eigenvalue weighted by Gasteiger charge is 2.41. The molecule has 4 heterocycles. The lowest BCUT2D eigenvalue weighted by atomic mass is 10.2. The van der Waals surface area contributed by atoms with Gasteiger partial charge < -0.3 is 5.32 Å². The van der Waals surface area contributed by atoms with Crippen LogP contribution in [0.2, 0.25) is 0 Å². The van der Waals surface area contributed by atoms with Gasteiger partial charge in [-0.1, -0.05) is 6.07 Å². The first-order chi connectivity index (χ1) is 16.8. The number of carbonyl (C=O) groups excluding carboxylic acids is 1. The number of thiazole rings is 1. The topological polar surface area (TPSA) is 127 Å². The average molecular weight is 495 g/mol. The van der Waals surface area contributed by atoms with Crippen molar-refractivity contribution in [3.05, 3.63) is 70.9 Å². The summed E-state index contributed by atoms with van der Waals surface area (Å²) in [7, 11) is 0. The van der Waals surface area contributed by atoms with Crippen molar-refractivity contribution in [2.45, 2.75) is 13.1 Å². The molecule has 0 atom stereocenters. The Balaban J connectivity index is 1.54. The number of benzene rings is 1. The van der Waals surface area contributed by atoms with Gasteiger partial charge in [0, 0.05) is 0 Å². The molecule has 0 spiro atoms. The Morgan fingerprint density at radius 3 is 2.66 bits per heavy atom. The van der Waals surface area contributed by atoms with Gasteiger partial charge >= 0.3 is 6.18 Å². The molecule has 14 heteroatoms. The molecule has 0 saturated carbocycles. The van der Waals surface area contributed by atoms with Crippen LogP contribution < -0.4 is 5.32 Å². The number of nitriles is 1. The van der Waals surface area contributed by atoms with Crippen molar-refractivity contribution in [1.29, 1.82) is 5.26 Å². The van der Waals surface area contributed by atoms with E-state index in [1.807, 2.05) is 6.07 Å². The molecular formula is C21H12F3N9OS. The van der Waals surface area contributed by atoms with Crippen LogP contribution in [0, 0.1) is 18.3 Å². The molecule has 0 bridgehead atoms. The number of halogens is 3. The van der Waals surface area contributed by atoms with E-state index in [1.165, 1.54) is 42.1 Å². The maximum atomic E-state index is 14.1. The first-order valence-electron chi connectivity index (χ1n) is 9.86. The van der Waals surface area contributed by atoms with Crippen LogP contribution in [0.5, 0.6) is 0 Å². The van der Waals surface area contributed by atoms with E-state index in [2.05, 4.69) is 30.6 Å². The molecule has 0 aliphatic carbocycles. The van der Waals surface area contributed by atoms with Crippen LogP contribution in [0.1, 0.15) is 26.6 Å². The molecule has 10 nitrogen and oxygen atoms in total. The Morgan fingerprint density at radius 1 is 1.17 bits per heavy atom. The first kappa shape index (κ1) is 22.2. The highest BCUT2D eigenvalue weighted by atomic mass is 32.1. The third-order valence-electron chi connectivity index (χ3n) is 4.86. The number of hydrogen-bond acceptors (Lipinski definition) is 8. The Labute approximate surface area is 198 Å². The predicted octanol–water partition coefficient (Wildman–Crippen LogP) is 3.91. The van der Waals surface area contributed by atoms with Gasteiger partial charge in [-0.25, -0.2) is 14.6 Å². The molecular weight excluding hydrogens is 483 g/mol. The zero-order valence-electron chi connectivity index (χ0n) is 17.6. The van der Waals surface area contributed by atoms with E-state index >= 15 is 0 Å². The fourth-order valence-corrected chi connectivity index (χ4v) is 4.39. The molecule has 35 heavy (non-hydrogen) atoms. The number of rotatable bonds is 4. The Bertz CT molecular complexity index is 1610. The number of anilines is 1. The van der Waals surface area contributed by atoms with Crippen molar-refractivity contribution >= 4 is 33.1 Å². The van der Waals surface area contributed by atoms with Gasteiger partial charge in [0.05, 0.1) is 56.9 Å². The number of alkyl halides is 3. The SMILES string of the molecule is Cc1nc2cccc(-n3ncc(C(=O)Nc4cnc(-n5nccn5)c(C#N)c4)c3C(F)(F)F)c2s1.